The van der Waals surface area contributed by atoms with E-state index in [1.54, 1.807) is 6.20 Å². The standard InChI is InChI=1S/C9H15N3O2/c1-3-14-7(2)5-10-8-4-9(13)12-11-6-8/h4,6-7H,3,5H2,1-2H3,(H2,10,12,13). The van der Waals surface area contributed by atoms with Crippen LogP contribution in [0.1, 0.15) is 13.8 Å². The van der Waals surface area contributed by atoms with Gasteiger partial charge in [-0.25, -0.2) is 5.10 Å². The molecule has 5 heteroatoms. The third-order valence-corrected chi connectivity index (χ3v) is 1.71. The van der Waals surface area contributed by atoms with E-state index in [0.717, 1.165) is 0 Å². The molecule has 0 amide bonds. The maximum Gasteiger partial charge on any atom is 0.266 e. The van der Waals surface area contributed by atoms with Crippen LogP contribution in [0.3, 0.4) is 0 Å². The molecule has 0 aromatic carbocycles. The van der Waals surface area contributed by atoms with Crippen LogP contribution in [0.5, 0.6) is 0 Å². The zero-order chi connectivity index (χ0) is 10.4. The third-order valence-electron chi connectivity index (χ3n) is 1.71. The Bertz CT molecular complexity index is 324. The smallest absolute Gasteiger partial charge is 0.266 e. The van der Waals surface area contributed by atoms with Gasteiger partial charge in [0.25, 0.3) is 5.56 Å². The highest BCUT2D eigenvalue weighted by Gasteiger charge is 2.00. The second-order valence-corrected chi connectivity index (χ2v) is 2.98. The molecule has 78 valence electrons. The topological polar surface area (TPSA) is 67.0 Å². The Labute approximate surface area is 82.5 Å². The van der Waals surface area contributed by atoms with Crippen LogP contribution in [-0.4, -0.2) is 29.5 Å². The van der Waals surface area contributed by atoms with Gasteiger partial charge in [-0.2, -0.15) is 5.10 Å². The van der Waals surface area contributed by atoms with Crippen molar-refractivity contribution in [2.45, 2.75) is 20.0 Å². The highest BCUT2D eigenvalue weighted by atomic mass is 16.5. The number of H-pyrrole nitrogens is 1. The summed E-state index contributed by atoms with van der Waals surface area (Å²) in [7, 11) is 0. The predicted octanol–water partition coefficient (Wildman–Crippen LogP) is 0.607. The van der Waals surface area contributed by atoms with E-state index in [2.05, 4.69) is 15.5 Å². The first-order valence-corrected chi connectivity index (χ1v) is 4.62. The van der Waals surface area contributed by atoms with E-state index in [-0.39, 0.29) is 11.7 Å². The van der Waals surface area contributed by atoms with Crippen molar-refractivity contribution in [1.29, 1.82) is 0 Å². The molecule has 0 aliphatic rings. The summed E-state index contributed by atoms with van der Waals surface area (Å²) in [5, 5.41) is 9.04. The number of aromatic nitrogens is 2. The second-order valence-electron chi connectivity index (χ2n) is 2.98. The molecule has 2 N–H and O–H groups in total. The summed E-state index contributed by atoms with van der Waals surface area (Å²) in [6.07, 6.45) is 1.69. The van der Waals surface area contributed by atoms with Crippen molar-refractivity contribution in [3.63, 3.8) is 0 Å². The largest absolute Gasteiger partial charge is 0.381 e. The van der Waals surface area contributed by atoms with Crippen molar-refractivity contribution in [2.24, 2.45) is 0 Å². The van der Waals surface area contributed by atoms with Gasteiger partial charge in [-0.05, 0) is 13.8 Å². The lowest BCUT2D eigenvalue weighted by Gasteiger charge is -2.12. The van der Waals surface area contributed by atoms with Crippen LogP contribution in [0.15, 0.2) is 17.1 Å². The van der Waals surface area contributed by atoms with Gasteiger partial charge in [0.15, 0.2) is 0 Å². The summed E-state index contributed by atoms with van der Waals surface area (Å²) in [5.74, 6) is 0. The molecular weight excluding hydrogens is 182 g/mol. The van der Waals surface area contributed by atoms with E-state index in [4.69, 9.17) is 4.74 Å². The highest BCUT2D eigenvalue weighted by Crippen LogP contribution is 1.99. The number of ether oxygens (including phenoxy) is 1. The zero-order valence-electron chi connectivity index (χ0n) is 8.41. The molecule has 14 heavy (non-hydrogen) atoms. The lowest BCUT2D eigenvalue weighted by Crippen LogP contribution is -2.20. The summed E-state index contributed by atoms with van der Waals surface area (Å²) >= 11 is 0. The van der Waals surface area contributed by atoms with Gasteiger partial charge in [0.05, 0.1) is 18.0 Å². The maximum absolute atomic E-state index is 10.9. The van der Waals surface area contributed by atoms with Gasteiger partial charge in [0.1, 0.15) is 0 Å². The second kappa shape index (κ2) is 5.39. The van der Waals surface area contributed by atoms with Crippen LogP contribution in [0.25, 0.3) is 0 Å². The van der Waals surface area contributed by atoms with Gasteiger partial charge < -0.3 is 10.1 Å². The molecule has 1 aromatic rings. The molecule has 0 aliphatic heterocycles. The average Bonchev–Trinajstić information content (AvgIpc) is 2.15. The van der Waals surface area contributed by atoms with E-state index in [9.17, 15) is 4.79 Å². The number of hydrogen-bond acceptors (Lipinski definition) is 4. The molecule has 1 aromatic heterocycles. The number of nitrogens with one attached hydrogen (secondary N) is 2. The van der Waals surface area contributed by atoms with Crippen LogP contribution in [0.4, 0.5) is 5.69 Å². The molecule has 1 heterocycles. The average molecular weight is 197 g/mol. The molecule has 5 nitrogen and oxygen atoms in total. The van der Waals surface area contributed by atoms with Crippen molar-refractivity contribution >= 4 is 5.69 Å². The van der Waals surface area contributed by atoms with Crippen molar-refractivity contribution in [3.8, 4) is 0 Å². The van der Waals surface area contributed by atoms with E-state index in [0.29, 0.717) is 18.8 Å². The Balaban J connectivity index is 2.41. The van der Waals surface area contributed by atoms with E-state index in [1.165, 1.54) is 6.07 Å². The van der Waals surface area contributed by atoms with Crippen molar-refractivity contribution in [2.75, 3.05) is 18.5 Å². The summed E-state index contributed by atoms with van der Waals surface area (Å²) in [5.41, 5.74) is 0.499. The van der Waals surface area contributed by atoms with Crippen molar-refractivity contribution < 1.29 is 4.74 Å². The quantitative estimate of drug-likeness (QED) is 0.725. The Kier molecular flexibility index (Phi) is 4.12. The fourth-order valence-electron chi connectivity index (χ4n) is 1.08. The SMILES string of the molecule is CCOC(C)CNc1cn[nH]c(=O)c1. The number of hydrogen-bond donors (Lipinski definition) is 2. The molecule has 0 fully saturated rings. The van der Waals surface area contributed by atoms with Crippen LogP contribution in [0.2, 0.25) is 0 Å². The summed E-state index contributed by atoms with van der Waals surface area (Å²) in [6.45, 7) is 5.28. The van der Waals surface area contributed by atoms with Crippen LogP contribution < -0.4 is 10.9 Å². The molecule has 0 aliphatic carbocycles. The molecule has 0 spiro atoms. The highest BCUT2D eigenvalue weighted by molar-refractivity contribution is 5.38. The molecule has 0 bridgehead atoms. The Hall–Kier alpha value is -1.36. The normalized spacial score (nSPS) is 12.4. The van der Waals surface area contributed by atoms with Gasteiger partial charge in [-0.1, -0.05) is 0 Å². The molecule has 1 rings (SSSR count). The molecule has 1 atom stereocenters. The molecule has 0 saturated heterocycles. The molecule has 0 saturated carbocycles. The monoisotopic (exact) mass is 197 g/mol. The van der Waals surface area contributed by atoms with Gasteiger partial charge >= 0.3 is 0 Å². The van der Waals surface area contributed by atoms with Crippen LogP contribution >= 0.6 is 0 Å². The van der Waals surface area contributed by atoms with Gasteiger partial charge in [-0.15, -0.1) is 0 Å². The Morgan fingerprint density at radius 1 is 1.71 bits per heavy atom. The van der Waals surface area contributed by atoms with Crippen molar-refractivity contribution in [3.05, 3.63) is 22.6 Å². The fraction of sp³-hybridized carbons (Fsp3) is 0.556. The summed E-state index contributed by atoms with van der Waals surface area (Å²) in [4.78, 5) is 10.9. The minimum Gasteiger partial charge on any atom is -0.381 e. The number of aromatic amines is 1. The molecule has 0 radical (unpaired) electrons. The molecular formula is C9H15N3O2. The minimum atomic E-state index is -0.209. The van der Waals surface area contributed by atoms with Gasteiger partial charge in [0, 0.05) is 19.2 Å². The first-order chi connectivity index (χ1) is 6.72. The number of rotatable bonds is 5. The van der Waals surface area contributed by atoms with E-state index < -0.39 is 0 Å². The van der Waals surface area contributed by atoms with Crippen LogP contribution in [0, 0.1) is 0 Å². The van der Waals surface area contributed by atoms with Crippen LogP contribution in [-0.2, 0) is 4.74 Å². The maximum atomic E-state index is 10.9. The van der Waals surface area contributed by atoms with Gasteiger partial charge in [-0.3, -0.25) is 4.79 Å². The van der Waals surface area contributed by atoms with E-state index in [1.807, 2.05) is 13.8 Å². The lowest BCUT2D eigenvalue weighted by atomic mass is 10.3. The summed E-state index contributed by atoms with van der Waals surface area (Å²) < 4.78 is 5.32. The predicted molar refractivity (Wildman–Crippen MR) is 54.4 cm³/mol. The Morgan fingerprint density at radius 3 is 3.14 bits per heavy atom. The first-order valence-electron chi connectivity index (χ1n) is 4.62. The summed E-state index contributed by atoms with van der Waals surface area (Å²) in [6, 6.07) is 1.46. The Morgan fingerprint density at radius 2 is 2.50 bits per heavy atom. The molecule has 1 unspecified atom stereocenters. The lowest BCUT2D eigenvalue weighted by molar-refractivity contribution is 0.0855. The van der Waals surface area contributed by atoms with Crippen molar-refractivity contribution in [1.82, 2.24) is 10.2 Å². The fourth-order valence-corrected chi connectivity index (χ4v) is 1.08. The minimum absolute atomic E-state index is 0.124. The van der Waals surface area contributed by atoms with E-state index >= 15 is 0 Å². The number of anilines is 1. The first kappa shape index (κ1) is 10.7. The number of nitrogens with zero attached hydrogens (tertiary/aromatic N) is 1. The van der Waals surface area contributed by atoms with Gasteiger partial charge in [0.2, 0.25) is 0 Å². The third kappa shape index (κ3) is 3.57. The zero-order valence-corrected chi connectivity index (χ0v) is 8.41.